The molecule has 0 fully saturated rings. The standard InChI is InChI=1S/C20H27N3O4/c1-13-18(14(2)27-23-13)20(3,4)22-19(26)21-16(10-11-17(24)25)12-15-8-6-5-7-9-15/h5-9,16H,10-12H2,1-4H3,(H,24,25)(H2,21,22,26). The largest absolute Gasteiger partial charge is 0.481 e. The molecule has 7 heteroatoms. The molecule has 0 aliphatic heterocycles. The third-order valence-electron chi connectivity index (χ3n) is 4.45. The molecule has 0 bridgehead atoms. The van der Waals surface area contributed by atoms with Crippen molar-refractivity contribution >= 4 is 12.0 Å². The lowest BCUT2D eigenvalue weighted by atomic mass is 9.93. The maximum atomic E-state index is 12.6. The van der Waals surface area contributed by atoms with Gasteiger partial charge in [0.15, 0.2) is 0 Å². The zero-order chi connectivity index (χ0) is 20.0. The minimum atomic E-state index is -0.883. The highest BCUT2D eigenvalue weighted by Gasteiger charge is 2.30. The number of aromatic nitrogens is 1. The molecule has 7 nitrogen and oxygen atoms in total. The molecule has 0 aliphatic carbocycles. The number of carboxylic acid groups (broad SMARTS) is 1. The first kappa shape index (κ1) is 20.5. The van der Waals surface area contributed by atoms with E-state index in [0.29, 0.717) is 18.6 Å². The summed E-state index contributed by atoms with van der Waals surface area (Å²) >= 11 is 0. The van der Waals surface area contributed by atoms with Gasteiger partial charge >= 0.3 is 12.0 Å². The highest BCUT2D eigenvalue weighted by atomic mass is 16.5. The summed E-state index contributed by atoms with van der Waals surface area (Å²) in [5.41, 5.74) is 1.92. The molecular formula is C20H27N3O4. The Labute approximate surface area is 159 Å². The minimum Gasteiger partial charge on any atom is -0.481 e. The van der Waals surface area contributed by atoms with Gasteiger partial charge in [-0.2, -0.15) is 0 Å². The van der Waals surface area contributed by atoms with Crippen LogP contribution >= 0.6 is 0 Å². The normalized spacial score (nSPS) is 12.4. The second kappa shape index (κ2) is 8.70. The second-order valence-electron chi connectivity index (χ2n) is 7.24. The van der Waals surface area contributed by atoms with Crippen LogP contribution in [0.3, 0.4) is 0 Å². The average molecular weight is 373 g/mol. The number of amides is 2. The number of carbonyl (C=O) groups excluding carboxylic acids is 1. The van der Waals surface area contributed by atoms with E-state index in [2.05, 4.69) is 15.8 Å². The monoisotopic (exact) mass is 373 g/mol. The van der Waals surface area contributed by atoms with Crippen LogP contribution in [0, 0.1) is 13.8 Å². The van der Waals surface area contributed by atoms with E-state index in [1.165, 1.54) is 0 Å². The van der Waals surface area contributed by atoms with Crippen molar-refractivity contribution in [1.29, 1.82) is 0 Å². The highest BCUT2D eigenvalue weighted by molar-refractivity contribution is 5.75. The maximum Gasteiger partial charge on any atom is 0.315 e. The van der Waals surface area contributed by atoms with E-state index in [-0.39, 0.29) is 18.5 Å². The van der Waals surface area contributed by atoms with Gasteiger partial charge in [-0.3, -0.25) is 4.79 Å². The zero-order valence-electron chi connectivity index (χ0n) is 16.2. The Morgan fingerprint density at radius 1 is 1.22 bits per heavy atom. The van der Waals surface area contributed by atoms with Crippen LogP contribution in [0.1, 0.15) is 49.3 Å². The molecule has 1 unspecified atom stereocenters. The molecule has 0 saturated heterocycles. The molecule has 2 aromatic rings. The molecule has 2 rings (SSSR count). The highest BCUT2D eigenvalue weighted by Crippen LogP contribution is 2.26. The quantitative estimate of drug-likeness (QED) is 0.658. The van der Waals surface area contributed by atoms with Crippen molar-refractivity contribution in [3.63, 3.8) is 0 Å². The van der Waals surface area contributed by atoms with Crippen molar-refractivity contribution in [3.05, 3.63) is 52.9 Å². The molecule has 1 atom stereocenters. The SMILES string of the molecule is Cc1noc(C)c1C(C)(C)NC(=O)NC(CCC(=O)O)Cc1ccccc1. The fourth-order valence-corrected chi connectivity index (χ4v) is 3.36. The van der Waals surface area contributed by atoms with Crippen molar-refractivity contribution in [2.45, 2.75) is 58.5 Å². The Kier molecular flexibility index (Phi) is 6.60. The summed E-state index contributed by atoms with van der Waals surface area (Å²) in [6, 6.07) is 9.04. The number of nitrogens with one attached hydrogen (secondary N) is 2. The molecule has 2 amide bonds. The lowest BCUT2D eigenvalue weighted by Gasteiger charge is -2.28. The third kappa shape index (κ3) is 5.84. The van der Waals surface area contributed by atoms with Crippen molar-refractivity contribution in [1.82, 2.24) is 15.8 Å². The van der Waals surface area contributed by atoms with Crippen molar-refractivity contribution < 1.29 is 19.2 Å². The number of urea groups is 1. The average Bonchev–Trinajstić information content (AvgIpc) is 2.92. The van der Waals surface area contributed by atoms with Gasteiger partial charge in [0.1, 0.15) is 5.76 Å². The van der Waals surface area contributed by atoms with E-state index in [1.807, 2.05) is 58.0 Å². The van der Waals surface area contributed by atoms with E-state index < -0.39 is 11.5 Å². The summed E-state index contributed by atoms with van der Waals surface area (Å²) in [5.74, 6) is -0.226. The van der Waals surface area contributed by atoms with Crippen LogP contribution in [0.15, 0.2) is 34.9 Å². The molecular weight excluding hydrogens is 346 g/mol. The predicted octanol–water partition coefficient (Wildman–Crippen LogP) is 3.30. The molecule has 27 heavy (non-hydrogen) atoms. The maximum absolute atomic E-state index is 12.6. The van der Waals surface area contributed by atoms with Gasteiger partial charge in [0.25, 0.3) is 0 Å². The topological polar surface area (TPSA) is 104 Å². The molecule has 1 heterocycles. The molecule has 3 N–H and O–H groups in total. The minimum absolute atomic E-state index is 0.00889. The van der Waals surface area contributed by atoms with E-state index in [4.69, 9.17) is 9.63 Å². The second-order valence-corrected chi connectivity index (χ2v) is 7.24. The van der Waals surface area contributed by atoms with Gasteiger partial charge < -0.3 is 20.3 Å². The molecule has 0 aliphatic rings. The Balaban J connectivity index is 2.06. The fraction of sp³-hybridized carbons (Fsp3) is 0.450. The summed E-state index contributed by atoms with van der Waals surface area (Å²) in [5, 5.41) is 18.8. The molecule has 0 saturated carbocycles. The first-order valence-electron chi connectivity index (χ1n) is 8.97. The number of hydrogen-bond acceptors (Lipinski definition) is 4. The Bertz CT molecular complexity index is 764. The molecule has 1 aromatic heterocycles. The van der Waals surface area contributed by atoms with Gasteiger partial charge in [0.05, 0.1) is 11.2 Å². The molecule has 146 valence electrons. The van der Waals surface area contributed by atoms with Gasteiger partial charge in [0.2, 0.25) is 0 Å². The van der Waals surface area contributed by atoms with Gasteiger partial charge in [-0.15, -0.1) is 0 Å². The smallest absolute Gasteiger partial charge is 0.315 e. The van der Waals surface area contributed by atoms with E-state index in [0.717, 1.165) is 16.8 Å². The molecule has 1 aromatic carbocycles. The first-order chi connectivity index (χ1) is 12.7. The number of nitrogens with zero attached hydrogens (tertiary/aromatic N) is 1. The number of hydrogen-bond donors (Lipinski definition) is 3. The van der Waals surface area contributed by atoms with Gasteiger partial charge in [-0.05, 0) is 46.1 Å². The Hall–Kier alpha value is -2.83. The van der Waals surface area contributed by atoms with Crippen LogP contribution in [0.4, 0.5) is 4.79 Å². The fourth-order valence-electron chi connectivity index (χ4n) is 3.36. The number of aryl methyl sites for hydroxylation is 2. The van der Waals surface area contributed by atoms with Crippen LogP contribution in [0.2, 0.25) is 0 Å². The van der Waals surface area contributed by atoms with Crippen LogP contribution < -0.4 is 10.6 Å². The molecule has 0 spiro atoms. The Morgan fingerprint density at radius 2 is 1.89 bits per heavy atom. The van der Waals surface area contributed by atoms with Gasteiger partial charge in [-0.25, -0.2) is 4.79 Å². The summed E-state index contributed by atoms with van der Waals surface area (Å²) in [7, 11) is 0. The van der Waals surface area contributed by atoms with E-state index in [9.17, 15) is 9.59 Å². The van der Waals surface area contributed by atoms with Crippen LogP contribution in [0.5, 0.6) is 0 Å². The van der Waals surface area contributed by atoms with E-state index >= 15 is 0 Å². The van der Waals surface area contributed by atoms with Crippen LogP contribution in [-0.4, -0.2) is 28.3 Å². The summed E-state index contributed by atoms with van der Waals surface area (Å²) in [6.45, 7) is 7.39. The summed E-state index contributed by atoms with van der Waals surface area (Å²) in [4.78, 5) is 23.6. The number of benzene rings is 1. The summed E-state index contributed by atoms with van der Waals surface area (Å²) < 4.78 is 5.20. The lowest BCUT2D eigenvalue weighted by molar-refractivity contribution is -0.137. The third-order valence-corrected chi connectivity index (χ3v) is 4.45. The number of carbonyl (C=O) groups is 2. The van der Waals surface area contributed by atoms with Crippen LogP contribution in [0.25, 0.3) is 0 Å². The van der Waals surface area contributed by atoms with Crippen LogP contribution in [-0.2, 0) is 16.8 Å². The van der Waals surface area contributed by atoms with Gasteiger partial charge in [-0.1, -0.05) is 35.5 Å². The Morgan fingerprint density at radius 3 is 2.44 bits per heavy atom. The van der Waals surface area contributed by atoms with Crippen molar-refractivity contribution in [2.75, 3.05) is 0 Å². The number of rotatable bonds is 8. The number of carboxylic acids is 1. The first-order valence-corrected chi connectivity index (χ1v) is 8.97. The predicted molar refractivity (Wildman–Crippen MR) is 101 cm³/mol. The molecule has 0 radical (unpaired) electrons. The number of aliphatic carboxylic acids is 1. The van der Waals surface area contributed by atoms with Crippen molar-refractivity contribution in [2.24, 2.45) is 0 Å². The zero-order valence-corrected chi connectivity index (χ0v) is 16.2. The van der Waals surface area contributed by atoms with Crippen molar-refractivity contribution in [3.8, 4) is 0 Å². The lowest BCUT2D eigenvalue weighted by Crippen LogP contribution is -2.50. The van der Waals surface area contributed by atoms with E-state index in [1.54, 1.807) is 0 Å². The van der Waals surface area contributed by atoms with Gasteiger partial charge in [0, 0.05) is 18.0 Å². The summed E-state index contributed by atoms with van der Waals surface area (Å²) in [6.07, 6.45) is 0.904.